The van der Waals surface area contributed by atoms with E-state index >= 15 is 0 Å². The molecule has 25 heavy (non-hydrogen) atoms. The molecule has 0 saturated carbocycles. The maximum absolute atomic E-state index is 11.9. The summed E-state index contributed by atoms with van der Waals surface area (Å²) in [6.45, 7) is 6.29. The van der Waals surface area contributed by atoms with E-state index in [1.807, 2.05) is 72.7 Å². The quantitative estimate of drug-likeness (QED) is 0.671. The van der Waals surface area contributed by atoms with E-state index in [2.05, 4.69) is 10.2 Å². The third-order valence-corrected chi connectivity index (χ3v) is 4.40. The van der Waals surface area contributed by atoms with Gasteiger partial charge in [-0.3, -0.25) is 9.48 Å². The van der Waals surface area contributed by atoms with E-state index in [-0.39, 0.29) is 11.9 Å². The van der Waals surface area contributed by atoms with Gasteiger partial charge >= 0.3 is 5.97 Å². The Bertz CT molecular complexity index is 880. The van der Waals surface area contributed by atoms with Gasteiger partial charge < -0.3 is 4.74 Å². The number of para-hydroxylation sites is 1. The van der Waals surface area contributed by atoms with Crippen LogP contribution in [0.25, 0.3) is 5.69 Å². The van der Waals surface area contributed by atoms with Crippen LogP contribution in [0, 0.1) is 13.8 Å². The van der Waals surface area contributed by atoms with Crippen LogP contribution in [-0.2, 0) is 16.1 Å². The molecule has 1 atom stereocenters. The van der Waals surface area contributed by atoms with Gasteiger partial charge in [-0.2, -0.15) is 10.2 Å². The second-order valence-corrected chi connectivity index (χ2v) is 6.07. The average molecular weight is 338 g/mol. The minimum absolute atomic E-state index is 0.251. The normalized spacial score (nSPS) is 12.2. The molecule has 2 heterocycles. The number of methoxy groups -OCH3 is 1. The fraction of sp³-hybridized carbons (Fsp3) is 0.316. The van der Waals surface area contributed by atoms with E-state index in [9.17, 15) is 4.79 Å². The summed E-state index contributed by atoms with van der Waals surface area (Å²) in [4.78, 5) is 11.9. The van der Waals surface area contributed by atoms with Gasteiger partial charge in [0.05, 0.1) is 36.6 Å². The molecule has 0 radical (unpaired) electrons. The molecule has 0 N–H and O–H groups in total. The third-order valence-electron chi connectivity index (χ3n) is 4.40. The average Bonchev–Trinajstić information content (AvgIpc) is 3.19. The highest BCUT2D eigenvalue weighted by molar-refractivity contribution is 5.78. The molecule has 1 unspecified atom stereocenters. The first-order valence-corrected chi connectivity index (χ1v) is 8.23. The number of nitrogens with zero attached hydrogens (tertiary/aromatic N) is 4. The van der Waals surface area contributed by atoms with Crippen LogP contribution in [0.3, 0.4) is 0 Å². The van der Waals surface area contributed by atoms with Crippen molar-refractivity contribution in [3.8, 4) is 5.69 Å². The molecule has 2 aromatic heterocycles. The zero-order valence-corrected chi connectivity index (χ0v) is 14.9. The Labute approximate surface area is 147 Å². The number of rotatable bonds is 5. The predicted octanol–water partition coefficient (Wildman–Crippen LogP) is 3.01. The number of hydrogen-bond acceptors (Lipinski definition) is 4. The Hall–Kier alpha value is -2.89. The molecule has 0 spiro atoms. The molecule has 3 rings (SSSR count). The van der Waals surface area contributed by atoms with Crippen molar-refractivity contribution in [2.45, 2.75) is 33.2 Å². The summed E-state index contributed by atoms with van der Waals surface area (Å²) in [7, 11) is 1.41. The summed E-state index contributed by atoms with van der Waals surface area (Å²) in [6.07, 6.45) is 1.94. The number of aryl methyl sites for hydroxylation is 1. The summed E-state index contributed by atoms with van der Waals surface area (Å²) in [5.74, 6) is -0.584. The topological polar surface area (TPSA) is 61.9 Å². The van der Waals surface area contributed by atoms with Gasteiger partial charge in [0, 0.05) is 17.5 Å². The van der Waals surface area contributed by atoms with Crippen molar-refractivity contribution in [2.75, 3.05) is 7.11 Å². The first-order valence-electron chi connectivity index (χ1n) is 8.23. The standard InChI is InChI=1S/C19H22N4O2/c1-13(19(24)25-4)18-14(2)20-23(15(18)3)12-16-10-11-22(21-16)17-8-6-5-7-9-17/h5-11,13H,12H2,1-4H3. The number of aromatic nitrogens is 4. The predicted molar refractivity (Wildman–Crippen MR) is 94.8 cm³/mol. The third kappa shape index (κ3) is 3.33. The van der Waals surface area contributed by atoms with E-state index in [1.165, 1.54) is 7.11 Å². The molecule has 0 amide bonds. The largest absolute Gasteiger partial charge is 0.469 e. The summed E-state index contributed by atoms with van der Waals surface area (Å²) in [5.41, 5.74) is 4.66. The van der Waals surface area contributed by atoms with Gasteiger partial charge in [0.2, 0.25) is 0 Å². The molecule has 0 aliphatic heterocycles. The van der Waals surface area contributed by atoms with E-state index in [1.54, 1.807) is 0 Å². The van der Waals surface area contributed by atoms with Gasteiger partial charge in [-0.1, -0.05) is 18.2 Å². The molecule has 1 aromatic carbocycles. The summed E-state index contributed by atoms with van der Waals surface area (Å²) in [5, 5.41) is 9.20. The zero-order chi connectivity index (χ0) is 18.0. The van der Waals surface area contributed by atoms with Crippen LogP contribution in [0.2, 0.25) is 0 Å². The van der Waals surface area contributed by atoms with Crippen molar-refractivity contribution in [3.63, 3.8) is 0 Å². The highest BCUT2D eigenvalue weighted by Crippen LogP contribution is 2.24. The molecular weight excluding hydrogens is 316 g/mol. The second kappa shape index (κ2) is 6.93. The van der Waals surface area contributed by atoms with Crippen LogP contribution in [0.4, 0.5) is 0 Å². The van der Waals surface area contributed by atoms with Gasteiger partial charge in [-0.25, -0.2) is 4.68 Å². The van der Waals surface area contributed by atoms with Crippen LogP contribution in [0.5, 0.6) is 0 Å². The number of hydrogen-bond donors (Lipinski definition) is 0. The maximum Gasteiger partial charge on any atom is 0.312 e. The Morgan fingerprint density at radius 2 is 1.88 bits per heavy atom. The Morgan fingerprint density at radius 3 is 2.56 bits per heavy atom. The molecule has 3 aromatic rings. The van der Waals surface area contributed by atoms with Gasteiger partial charge in [0.25, 0.3) is 0 Å². The van der Waals surface area contributed by atoms with Crippen molar-refractivity contribution in [3.05, 3.63) is 65.2 Å². The fourth-order valence-electron chi connectivity index (χ4n) is 3.11. The number of carbonyl (C=O) groups excluding carboxylic acids is 1. The molecule has 0 saturated heterocycles. The zero-order valence-electron chi connectivity index (χ0n) is 14.9. The van der Waals surface area contributed by atoms with Gasteiger partial charge in [0.15, 0.2) is 0 Å². The molecule has 0 aliphatic rings. The molecule has 0 aliphatic carbocycles. The lowest BCUT2D eigenvalue weighted by molar-refractivity contribution is -0.142. The molecular formula is C19H22N4O2. The summed E-state index contributed by atoms with van der Waals surface area (Å²) in [6, 6.07) is 11.9. The molecule has 0 fully saturated rings. The monoisotopic (exact) mass is 338 g/mol. The Morgan fingerprint density at radius 1 is 1.16 bits per heavy atom. The Balaban J connectivity index is 1.85. The van der Waals surface area contributed by atoms with Crippen molar-refractivity contribution >= 4 is 5.97 Å². The van der Waals surface area contributed by atoms with E-state index in [0.717, 1.165) is 28.3 Å². The van der Waals surface area contributed by atoms with Crippen molar-refractivity contribution < 1.29 is 9.53 Å². The minimum Gasteiger partial charge on any atom is -0.469 e. The lowest BCUT2D eigenvalue weighted by Crippen LogP contribution is -2.13. The maximum atomic E-state index is 11.9. The van der Waals surface area contributed by atoms with Gasteiger partial charge in [0.1, 0.15) is 0 Å². The highest BCUT2D eigenvalue weighted by atomic mass is 16.5. The van der Waals surface area contributed by atoms with Crippen molar-refractivity contribution in [2.24, 2.45) is 0 Å². The van der Waals surface area contributed by atoms with Crippen LogP contribution in [-0.4, -0.2) is 32.6 Å². The van der Waals surface area contributed by atoms with Crippen LogP contribution < -0.4 is 0 Å². The van der Waals surface area contributed by atoms with E-state index < -0.39 is 0 Å². The summed E-state index contributed by atoms with van der Waals surface area (Å²) < 4.78 is 8.60. The SMILES string of the molecule is COC(=O)C(C)c1c(C)nn(Cc2ccn(-c3ccccc3)n2)c1C. The molecule has 130 valence electrons. The van der Waals surface area contributed by atoms with Gasteiger partial charge in [-0.15, -0.1) is 0 Å². The van der Waals surface area contributed by atoms with Crippen LogP contribution in [0.15, 0.2) is 42.6 Å². The highest BCUT2D eigenvalue weighted by Gasteiger charge is 2.24. The van der Waals surface area contributed by atoms with Crippen molar-refractivity contribution in [1.29, 1.82) is 0 Å². The Kier molecular flexibility index (Phi) is 4.70. The lowest BCUT2D eigenvalue weighted by Gasteiger charge is -2.10. The van der Waals surface area contributed by atoms with Crippen LogP contribution >= 0.6 is 0 Å². The first kappa shape index (κ1) is 17.0. The van der Waals surface area contributed by atoms with E-state index in [4.69, 9.17) is 4.74 Å². The van der Waals surface area contributed by atoms with Crippen molar-refractivity contribution in [1.82, 2.24) is 19.6 Å². The van der Waals surface area contributed by atoms with E-state index in [0.29, 0.717) is 6.54 Å². The molecule has 6 nitrogen and oxygen atoms in total. The number of ether oxygens (including phenoxy) is 1. The number of carbonyl (C=O) groups is 1. The minimum atomic E-state index is -0.333. The molecule has 0 bridgehead atoms. The first-order chi connectivity index (χ1) is 12.0. The number of esters is 1. The fourth-order valence-corrected chi connectivity index (χ4v) is 3.11. The number of benzene rings is 1. The second-order valence-electron chi connectivity index (χ2n) is 6.07. The molecule has 6 heteroatoms. The summed E-state index contributed by atoms with van der Waals surface area (Å²) >= 11 is 0. The lowest BCUT2D eigenvalue weighted by atomic mass is 9.99. The van der Waals surface area contributed by atoms with Gasteiger partial charge in [-0.05, 0) is 39.0 Å². The smallest absolute Gasteiger partial charge is 0.312 e. The van der Waals surface area contributed by atoms with Crippen LogP contribution in [0.1, 0.15) is 35.5 Å².